The molecule has 0 bridgehead atoms. The number of ketones is 1. The first-order chi connectivity index (χ1) is 13.9. The molecule has 0 saturated heterocycles. The molecule has 1 atom stereocenters. The van der Waals surface area contributed by atoms with E-state index < -0.39 is 5.54 Å². The van der Waals surface area contributed by atoms with E-state index in [0.717, 1.165) is 19.4 Å². The predicted molar refractivity (Wildman–Crippen MR) is 134 cm³/mol. The largest absolute Gasteiger partial charge is 0.324 e. The van der Waals surface area contributed by atoms with Crippen molar-refractivity contribution in [3.8, 4) is 0 Å². The Kier molecular flexibility index (Phi) is 31.1. The highest BCUT2D eigenvalue weighted by atomic mass is 16.1. The number of hydrogen-bond acceptors (Lipinski definition) is 3. The summed E-state index contributed by atoms with van der Waals surface area (Å²) in [6, 6.07) is 0. The number of nitrogens with one attached hydrogen (secondary N) is 1. The van der Waals surface area contributed by atoms with E-state index in [1.807, 2.05) is 20.8 Å². The third-order valence-electron chi connectivity index (χ3n) is 5.05. The smallest absolute Gasteiger partial charge is 0.166 e. The summed E-state index contributed by atoms with van der Waals surface area (Å²) in [6.45, 7) is 16.9. The lowest BCUT2D eigenvalue weighted by molar-refractivity contribution is -0.123. The molecule has 0 heterocycles. The Morgan fingerprint density at radius 1 is 0.862 bits per heavy atom. The van der Waals surface area contributed by atoms with Crippen LogP contribution in [0, 0.1) is 0 Å². The maximum atomic E-state index is 11.8. The Morgan fingerprint density at radius 3 is 1.52 bits per heavy atom. The standard InChI is InChI=1S/C20H42N2O.C3H8.C3H6/c1-4-6-7-8-9-10-11-12-13-14-15-16-17-22-20(3,5-2)19(23)18-21;2*1-3-2/h22H,4-18,21H2,1-3H3;3H2,1-2H3;3H,1H2,2H3. The minimum atomic E-state index is -0.424. The number of Topliss-reactive ketones (excluding diaryl/α,β-unsaturated/α-hetero) is 1. The Morgan fingerprint density at radius 2 is 1.21 bits per heavy atom. The summed E-state index contributed by atoms with van der Waals surface area (Å²) in [5.74, 6) is 0.124. The lowest BCUT2D eigenvalue weighted by Crippen LogP contribution is -2.51. The van der Waals surface area contributed by atoms with Gasteiger partial charge in [0.2, 0.25) is 0 Å². The van der Waals surface area contributed by atoms with E-state index >= 15 is 0 Å². The van der Waals surface area contributed by atoms with Crippen molar-refractivity contribution in [1.82, 2.24) is 5.32 Å². The third-order valence-corrected chi connectivity index (χ3v) is 5.05. The van der Waals surface area contributed by atoms with Crippen molar-refractivity contribution in [3.05, 3.63) is 12.7 Å². The van der Waals surface area contributed by atoms with Gasteiger partial charge in [0.25, 0.3) is 0 Å². The van der Waals surface area contributed by atoms with Crippen LogP contribution < -0.4 is 11.1 Å². The van der Waals surface area contributed by atoms with Crippen molar-refractivity contribution >= 4 is 5.78 Å². The van der Waals surface area contributed by atoms with E-state index in [9.17, 15) is 4.79 Å². The van der Waals surface area contributed by atoms with Gasteiger partial charge in [-0.15, -0.1) is 6.58 Å². The lowest BCUT2D eigenvalue weighted by Gasteiger charge is -2.27. The van der Waals surface area contributed by atoms with Crippen molar-refractivity contribution in [2.75, 3.05) is 13.1 Å². The summed E-state index contributed by atoms with van der Waals surface area (Å²) >= 11 is 0. The molecule has 0 spiro atoms. The molecule has 0 amide bonds. The van der Waals surface area contributed by atoms with Crippen molar-refractivity contribution in [3.63, 3.8) is 0 Å². The van der Waals surface area contributed by atoms with Crippen LogP contribution in [0.5, 0.6) is 0 Å². The van der Waals surface area contributed by atoms with Crippen molar-refractivity contribution < 1.29 is 4.79 Å². The van der Waals surface area contributed by atoms with E-state index in [1.54, 1.807) is 6.08 Å². The van der Waals surface area contributed by atoms with Gasteiger partial charge >= 0.3 is 0 Å². The zero-order chi connectivity index (χ0) is 22.8. The number of carbonyl (C=O) groups is 1. The van der Waals surface area contributed by atoms with Crippen LogP contribution in [0.4, 0.5) is 0 Å². The molecule has 0 aliphatic rings. The minimum absolute atomic E-state index is 0.124. The van der Waals surface area contributed by atoms with Crippen LogP contribution in [-0.2, 0) is 4.79 Å². The van der Waals surface area contributed by atoms with Crippen LogP contribution in [-0.4, -0.2) is 24.4 Å². The Labute approximate surface area is 184 Å². The van der Waals surface area contributed by atoms with Gasteiger partial charge in [-0.2, -0.15) is 0 Å². The topological polar surface area (TPSA) is 55.1 Å². The lowest BCUT2D eigenvalue weighted by atomic mass is 9.93. The predicted octanol–water partition coefficient (Wildman–Crippen LogP) is 7.58. The zero-order valence-corrected chi connectivity index (χ0v) is 21.1. The second-order valence-corrected chi connectivity index (χ2v) is 8.24. The molecule has 1 unspecified atom stereocenters. The molecule has 0 aliphatic heterocycles. The van der Waals surface area contributed by atoms with Gasteiger partial charge in [-0.05, 0) is 33.2 Å². The highest BCUT2D eigenvalue weighted by molar-refractivity contribution is 5.89. The summed E-state index contributed by atoms with van der Waals surface area (Å²) in [6.07, 6.45) is 20.1. The fourth-order valence-corrected chi connectivity index (χ4v) is 2.98. The van der Waals surface area contributed by atoms with Crippen LogP contribution in [0.25, 0.3) is 0 Å². The van der Waals surface area contributed by atoms with Gasteiger partial charge in [-0.25, -0.2) is 0 Å². The summed E-state index contributed by atoms with van der Waals surface area (Å²) in [5.41, 5.74) is 5.06. The summed E-state index contributed by atoms with van der Waals surface area (Å²) < 4.78 is 0. The highest BCUT2D eigenvalue weighted by Gasteiger charge is 2.28. The monoisotopic (exact) mass is 412 g/mol. The Hall–Kier alpha value is -0.670. The second kappa shape index (κ2) is 27.3. The molecule has 29 heavy (non-hydrogen) atoms. The highest BCUT2D eigenvalue weighted by Crippen LogP contribution is 2.13. The van der Waals surface area contributed by atoms with Crippen molar-refractivity contribution in [1.29, 1.82) is 0 Å². The van der Waals surface area contributed by atoms with Crippen molar-refractivity contribution in [2.24, 2.45) is 5.73 Å². The molecule has 3 N–H and O–H groups in total. The molecule has 0 aliphatic carbocycles. The van der Waals surface area contributed by atoms with Crippen LogP contribution in [0.15, 0.2) is 12.7 Å². The molecule has 3 nitrogen and oxygen atoms in total. The van der Waals surface area contributed by atoms with E-state index in [0.29, 0.717) is 0 Å². The van der Waals surface area contributed by atoms with Gasteiger partial charge in [-0.1, -0.05) is 111 Å². The summed E-state index contributed by atoms with van der Waals surface area (Å²) in [4.78, 5) is 11.8. The van der Waals surface area contributed by atoms with Crippen LogP contribution in [0.3, 0.4) is 0 Å². The number of unbranched alkanes of at least 4 members (excludes halogenated alkanes) is 11. The normalized spacial score (nSPS) is 12.1. The van der Waals surface area contributed by atoms with Gasteiger partial charge in [0.15, 0.2) is 5.78 Å². The van der Waals surface area contributed by atoms with E-state index in [-0.39, 0.29) is 12.3 Å². The average molecular weight is 413 g/mol. The van der Waals surface area contributed by atoms with Crippen molar-refractivity contribution in [2.45, 2.75) is 137 Å². The first-order valence-electron chi connectivity index (χ1n) is 12.5. The van der Waals surface area contributed by atoms with Gasteiger partial charge in [0, 0.05) is 0 Å². The van der Waals surface area contributed by atoms with Gasteiger partial charge in [0.05, 0.1) is 12.1 Å². The number of allylic oxidation sites excluding steroid dienone is 1. The minimum Gasteiger partial charge on any atom is -0.324 e. The molecule has 176 valence electrons. The van der Waals surface area contributed by atoms with Gasteiger partial charge < -0.3 is 11.1 Å². The van der Waals surface area contributed by atoms with E-state index in [1.165, 1.54) is 77.0 Å². The quantitative estimate of drug-likeness (QED) is 0.191. The molecule has 0 aromatic carbocycles. The first kappa shape index (κ1) is 33.0. The Balaban J connectivity index is -0.000000993. The molecule has 0 saturated carbocycles. The average Bonchev–Trinajstić information content (AvgIpc) is 2.71. The zero-order valence-electron chi connectivity index (χ0n) is 21.1. The molecular weight excluding hydrogens is 356 g/mol. The second-order valence-electron chi connectivity index (χ2n) is 8.24. The van der Waals surface area contributed by atoms with Gasteiger partial charge in [0.1, 0.15) is 0 Å². The van der Waals surface area contributed by atoms with Crippen LogP contribution >= 0.6 is 0 Å². The third kappa shape index (κ3) is 25.3. The molecule has 3 heteroatoms. The maximum Gasteiger partial charge on any atom is 0.166 e. The molecular formula is C26H56N2O. The number of carbonyl (C=O) groups excluding carboxylic acids is 1. The van der Waals surface area contributed by atoms with E-state index in [4.69, 9.17) is 5.73 Å². The Bertz CT molecular complexity index is 331. The van der Waals surface area contributed by atoms with E-state index in [2.05, 4.69) is 32.7 Å². The van der Waals surface area contributed by atoms with Crippen LogP contribution in [0.1, 0.15) is 131 Å². The fourth-order valence-electron chi connectivity index (χ4n) is 2.98. The molecule has 0 rings (SSSR count). The SMILES string of the molecule is C=CC.CCC.CCCCCCCCCCCCCCNC(C)(CC)C(=O)CN. The molecule has 0 aromatic heterocycles. The van der Waals surface area contributed by atoms with Crippen LogP contribution in [0.2, 0.25) is 0 Å². The maximum absolute atomic E-state index is 11.8. The first-order valence-corrected chi connectivity index (χ1v) is 12.5. The summed E-state index contributed by atoms with van der Waals surface area (Å²) in [5, 5.41) is 3.40. The fraction of sp³-hybridized carbons (Fsp3) is 0.885. The summed E-state index contributed by atoms with van der Waals surface area (Å²) in [7, 11) is 0. The molecule has 0 radical (unpaired) electrons. The number of rotatable bonds is 17. The van der Waals surface area contributed by atoms with Gasteiger partial charge in [-0.3, -0.25) is 4.79 Å². The molecule has 0 aromatic rings. The number of nitrogens with two attached hydrogens (primary N) is 1. The molecule has 0 fully saturated rings. The number of hydrogen-bond donors (Lipinski definition) is 2.